The predicted octanol–water partition coefficient (Wildman–Crippen LogP) is 3.44. The molecular formula is C15H16ClN3O2S2. The van der Waals surface area contributed by atoms with Gasteiger partial charge in [0, 0.05) is 33.8 Å². The highest BCUT2D eigenvalue weighted by Crippen LogP contribution is 2.23. The fourth-order valence-electron chi connectivity index (χ4n) is 1.65. The van der Waals surface area contributed by atoms with E-state index in [4.69, 9.17) is 11.6 Å². The second kappa shape index (κ2) is 8.90. The first kappa shape index (κ1) is 17.8. The molecule has 0 fully saturated rings. The molecule has 0 unspecified atom stereocenters. The van der Waals surface area contributed by atoms with Gasteiger partial charge in [-0.15, -0.1) is 11.3 Å². The van der Waals surface area contributed by atoms with Crippen LogP contribution in [0.15, 0.2) is 34.0 Å². The fraction of sp³-hybridized carbons (Fsp3) is 0.267. The minimum Gasteiger partial charge on any atom is -0.273 e. The van der Waals surface area contributed by atoms with Crippen LogP contribution in [0.1, 0.15) is 28.9 Å². The standard InChI is InChI=1S/C15H16ClN3O2S2/c1-10-9-23-15(17-10)22-8-2-3-13(20)18-19-14(21)11-4-6-12(16)7-5-11/h4-7,9H,2-3,8H2,1H3,(H,18,20)(H,19,21). The van der Waals surface area contributed by atoms with Gasteiger partial charge in [-0.3, -0.25) is 20.4 Å². The number of nitrogens with zero attached hydrogens (tertiary/aromatic N) is 1. The molecule has 1 heterocycles. The number of carbonyl (C=O) groups excluding carboxylic acids is 2. The van der Waals surface area contributed by atoms with Crippen molar-refractivity contribution in [3.8, 4) is 0 Å². The number of rotatable bonds is 6. The summed E-state index contributed by atoms with van der Waals surface area (Å²) in [6, 6.07) is 6.43. The number of halogens is 1. The molecule has 1 aromatic carbocycles. The fourth-order valence-corrected chi connectivity index (χ4v) is 3.64. The number of thiazole rings is 1. The number of aryl methyl sites for hydroxylation is 1. The minimum absolute atomic E-state index is 0.219. The van der Waals surface area contributed by atoms with Crippen molar-refractivity contribution in [2.24, 2.45) is 0 Å². The Kier molecular flexibility index (Phi) is 6.88. The summed E-state index contributed by atoms with van der Waals surface area (Å²) in [4.78, 5) is 27.8. The van der Waals surface area contributed by atoms with Gasteiger partial charge in [0.15, 0.2) is 0 Å². The van der Waals surface area contributed by atoms with Gasteiger partial charge in [-0.1, -0.05) is 23.4 Å². The van der Waals surface area contributed by atoms with Gasteiger partial charge in [-0.2, -0.15) is 0 Å². The van der Waals surface area contributed by atoms with Crippen molar-refractivity contribution in [1.29, 1.82) is 0 Å². The normalized spacial score (nSPS) is 10.3. The lowest BCUT2D eigenvalue weighted by Gasteiger charge is -2.07. The molecular weight excluding hydrogens is 354 g/mol. The van der Waals surface area contributed by atoms with Crippen molar-refractivity contribution in [3.63, 3.8) is 0 Å². The second-order valence-electron chi connectivity index (χ2n) is 4.72. The van der Waals surface area contributed by atoms with Gasteiger partial charge in [-0.05, 0) is 37.6 Å². The Balaban J connectivity index is 1.63. The van der Waals surface area contributed by atoms with Crippen LogP contribution in [-0.4, -0.2) is 22.6 Å². The van der Waals surface area contributed by atoms with Crippen molar-refractivity contribution in [1.82, 2.24) is 15.8 Å². The Morgan fingerprint density at radius 1 is 1.26 bits per heavy atom. The Bertz CT molecular complexity index is 674. The molecule has 1 aromatic heterocycles. The molecule has 0 aliphatic heterocycles. The highest BCUT2D eigenvalue weighted by atomic mass is 35.5. The van der Waals surface area contributed by atoms with Crippen LogP contribution in [0.4, 0.5) is 0 Å². The van der Waals surface area contributed by atoms with E-state index in [9.17, 15) is 9.59 Å². The van der Waals surface area contributed by atoms with Gasteiger partial charge in [0.05, 0.1) is 0 Å². The molecule has 2 rings (SSSR count). The number of nitrogens with one attached hydrogen (secondary N) is 2. The topological polar surface area (TPSA) is 71.1 Å². The molecule has 2 N–H and O–H groups in total. The molecule has 8 heteroatoms. The van der Waals surface area contributed by atoms with E-state index < -0.39 is 0 Å². The molecule has 2 aromatic rings. The Morgan fingerprint density at radius 3 is 2.65 bits per heavy atom. The molecule has 23 heavy (non-hydrogen) atoms. The number of amides is 2. The van der Waals surface area contributed by atoms with Gasteiger partial charge in [0.2, 0.25) is 5.91 Å². The summed E-state index contributed by atoms with van der Waals surface area (Å²) in [6.07, 6.45) is 1.06. The lowest BCUT2D eigenvalue weighted by atomic mass is 10.2. The third-order valence-corrected chi connectivity index (χ3v) is 5.27. The molecule has 0 saturated carbocycles. The van der Waals surface area contributed by atoms with E-state index in [1.807, 2.05) is 12.3 Å². The third-order valence-electron chi connectivity index (χ3n) is 2.79. The lowest BCUT2D eigenvalue weighted by Crippen LogP contribution is -2.41. The maximum atomic E-state index is 11.8. The van der Waals surface area contributed by atoms with E-state index in [1.54, 1.807) is 47.4 Å². The molecule has 0 aliphatic carbocycles. The van der Waals surface area contributed by atoms with Gasteiger partial charge in [0.25, 0.3) is 5.91 Å². The highest BCUT2D eigenvalue weighted by Gasteiger charge is 2.07. The van der Waals surface area contributed by atoms with Crippen molar-refractivity contribution in [3.05, 3.63) is 45.9 Å². The predicted molar refractivity (Wildman–Crippen MR) is 93.9 cm³/mol. The van der Waals surface area contributed by atoms with E-state index >= 15 is 0 Å². The van der Waals surface area contributed by atoms with Crippen LogP contribution in [0.2, 0.25) is 5.02 Å². The monoisotopic (exact) mass is 369 g/mol. The van der Waals surface area contributed by atoms with E-state index in [-0.39, 0.29) is 11.8 Å². The molecule has 122 valence electrons. The summed E-state index contributed by atoms with van der Waals surface area (Å²) in [7, 11) is 0. The first-order valence-corrected chi connectivity index (χ1v) is 9.18. The van der Waals surface area contributed by atoms with E-state index in [1.165, 1.54) is 0 Å². The van der Waals surface area contributed by atoms with Gasteiger partial charge < -0.3 is 0 Å². The van der Waals surface area contributed by atoms with Crippen molar-refractivity contribution >= 4 is 46.5 Å². The molecule has 0 saturated heterocycles. The number of hydrazine groups is 1. The number of thioether (sulfide) groups is 1. The number of hydrogen-bond donors (Lipinski definition) is 2. The first-order chi connectivity index (χ1) is 11.0. The van der Waals surface area contributed by atoms with Crippen LogP contribution < -0.4 is 10.9 Å². The molecule has 0 atom stereocenters. The quantitative estimate of drug-likeness (QED) is 0.465. The van der Waals surface area contributed by atoms with Crippen LogP contribution >= 0.6 is 34.7 Å². The maximum Gasteiger partial charge on any atom is 0.269 e. The maximum absolute atomic E-state index is 11.8. The van der Waals surface area contributed by atoms with E-state index in [0.717, 1.165) is 15.8 Å². The zero-order valence-corrected chi connectivity index (χ0v) is 14.9. The molecule has 5 nitrogen and oxygen atoms in total. The average Bonchev–Trinajstić information content (AvgIpc) is 2.95. The highest BCUT2D eigenvalue weighted by molar-refractivity contribution is 8.01. The van der Waals surface area contributed by atoms with Crippen molar-refractivity contribution in [2.75, 3.05) is 5.75 Å². The summed E-state index contributed by atoms with van der Waals surface area (Å²) in [5.41, 5.74) is 6.23. The van der Waals surface area contributed by atoms with Crippen LogP contribution in [-0.2, 0) is 4.79 Å². The lowest BCUT2D eigenvalue weighted by molar-refractivity contribution is -0.121. The van der Waals surface area contributed by atoms with Crippen LogP contribution in [0.25, 0.3) is 0 Å². The molecule has 0 bridgehead atoms. The minimum atomic E-state index is -0.373. The van der Waals surface area contributed by atoms with Crippen molar-refractivity contribution < 1.29 is 9.59 Å². The van der Waals surface area contributed by atoms with E-state index in [2.05, 4.69) is 15.8 Å². The number of benzene rings is 1. The van der Waals surface area contributed by atoms with Crippen LogP contribution in [0.3, 0.4) is 0 Å². The Labute approximate surface area is 147 Å². The summed E-state index contributed by atoms with van der Waals surface area (Å²) < 4.78 is 1.01. The third kappa shape index (κ3) is 6.21. The first-order valence-electron chi connectivity index (χ1n) is 6.94. The summed E-state index contributed by atoms with van der Waals surface area (Å²) >= 11 is 8.99. The number of aromatic nitrogens is 1. The van der Waals surface area contributed by atoms with Gasteiger partial charge in [0.1, 0.15) is 4.34 Å². The number of hydrogen-bond acceptors (Lipinski definition) is 5. The molecule has 0 spiro atoms. The van der Waals surface area contributed by atoms with Crippen LogP contribution in [0, 0.1) is 6.92 Å². The Hall–Kier alpha value is -1.57. The zero-order valence-electron chi connectivity index (χ0n) is 12.5. The largest absolute Gasteiger partial charge is 0.273 e. The Morgan fingerprint density at radius 2 is 2.00 bits per heavy atom. The molecule has 0 aliphatic rings. The van der Waals surface area contributed by atoms with Gasteiger partial charge in [-0.25, -0.2) is 4.98 Å². The molecule has 0 radical (unpaired) electrons. The van der Waals surface area contributed by atoms with E-state index in [0.29, 0.717) is 23.4 Å². The second-order valence-corrected chi connectivity index (χ2v) is 7.35. The average molecular weight is 370 g/mol. The summed E-state index contributed by atoms with van der Waals surface area (Å²) in [5.74, 6) is 0.219. The number of carbonyl (C=O) groups is 2. The SMILES string of the molecule is Cc1csc(SCCCC(=O)NNC(=O)c2ccc(Cl)cc2)n1. The van der Waals surface area contributed by atoms with Crippen LogP contribution in [0.5, 0.6) is 0 Å². The molecule has 2 amide bonds. The zero-order chi connectivity index (χ0) is 16.7. The summed E-state index contributed by atoms with van der Waals surface area (Å²) in [5, 5.41) is 2.56. The van der Waals surface area contributed by atoms with Gasteiger partial charge >= 0.3 is 0 Å². The smallest absolute Gasteiger partial charge is 0.269 e. The van der Waals surface area contributed by atoms with Crippen molar-refractivity contribution in [2.45, 2.75) is 24.1 Å². The summed E-state index contributed by atoms with van der Waals surface area (Å²) in [6.45, 7) is 1.96.